The summed E-state index contributed by atoms with van der Waals surface area (Å²) in [7, 11) is 0. The van der Waals surface area contributed by atoms with E-state index < -0.39 is 17.0 Å². The molecule has 1 aromatic rings. The van der Waals surface area contributed by atoms with Crippen molar-refractivity contribution in [2.75, 3.05) is 0 Å². The van der Waals surface area contributed by atoms with Crippen molar-refractivity contribution in [1.82, 2.24) is 4.73 Å². The molecule has 1 rings (SSSR count). The highest BCUT2D eigenvalue weighted by Gasteiger charge is 2.17. The third-order valence-corrected chi connectivity index (χ3v) is 1.70. The van der Waals surface area contributed by atoms with Crippen LogP contribution in [0.4, 0.5) is 4.39 Å². The minimum atomic E-state index is -1.11. The summed E-state index contributed by atoms with van der Waals surface area (Å²) in [6, 6.07) is 0. The van der Waals surface area contributed by atoms with E-state index in [1.165, 1.54) is 0 Å². The van der Waals surface area contributed by atoms with Crippen LogP contribution in [0.5, 0.6) is 5.75 Å². The van der Waals surface area contributed by atoms with Gasteiger partial charge in [0, 0.05) is 5.92 Å². The molecular formula is C8H10FNO3. The van der Waals surface area contributed by atoms with E-state index in [9.17, 15) is 9.18 Å². The van der Waals surface area contributed by atoms with Gasteiger partial charge in [0.15, 0.2) is 11.6 Å². The fourth-order valence-electron chi connectivity index (χ4n) is 1.09. The molecule has 4 nitrogen and oxygen atoms in total. The standard InChI is InChI=1S/C8H10FNO3/c1-4(2)7-6(9)8(12)5(11)3-10(7)13/h3-4,11,13H,1-2H3. The van der Waals surface area contributed by atoms with E-state index in [0.717, 1.165) is 6.20 Å². The van der Waals surface area contributed by atoms with E-state index in [2.05, 4.69) is 0 Å². The van der Waals surface area contributed by atoms with Gasteiger partial charge in [-0.15, -0.1) is 0 Å². The smallest absolute Gasteiger partial charge is 0.259 e. The molecular weight excluding hydrogens is 177 g/mol. The van der Waals surface area contributed by atoms with E-state index in [4.69, 9.17) is 10.3 Å². The van der Waals surface area contributed by atoms with Crippen molar-refractivity contribution >= 4 is 0 Å². The van der Waals surface area contributed by atoms with Gasteiger partial charge in [0.1, 0.15) is 0 Å². The average Bonchev–Trinajstić information content (AvgIpc) is 1.99. The lowest BCUT2D eigenvalue weighted by atomic mass is 10.1. The Morgan fingerprint density at radius 1 is 1.54 bits per heavy atom. The number of nitrogens with zero attached hydrogens (tertiary/aromatic N) is 1. The quantitative estimate of drug-likeness (QED) is 0.646. The molecule has 0 aromatic carbocycles. The van der Waals surface area contributed by atoms with Crippen LogP contribution in [0.3, 0.4) is 0 Å². The number of aromatic hydroxyl groups is 1. The summed E-state index contributed by atoms with van der Waals surface area (Å²) in [5.41, 5.74) is -1.23. The van der Waals surface area contributed by atoms with Gasteiger partial charge in [-0.2, -0.15) is 4.73 Å². The van der Waals surface area contributed by atoms with Gasteiger partial charge >= 0.3 is 0 Å². The Balaban J connectivity index is 3.53. The van der Waals surface area contributed by atoms with E-state index >= 15 is 0 Å². The molecule has 5 heteroatoms. The fraction of sp³-hybridized carbons (Fsp3) is 0.375. The lowest BCUT2D eigenvalue weighted by Gasteiger charge is -2.10. The van der Waals surface area contributed by atoms with Gasteiger partial charge in [-0.25, -0.2) is 4.39 Å². The van der Waals surface area contributed by atoms with E-state index in [1.54, 1.807) is 13.8 Å². The molecule has 0 atom stereocenters. The number of rotatable bonds is 1. The Labute approximate surface area is 73.8 Å². The second-order valence-electron chi connectivity index (χ2n) is 3.04. The maximum atomic E-state index is 13.1. The number of pyridine rings is 1. The molecule has 0 spiro atoms. The first-order valence-corrected chi connectivity index (χ1v) is 3.78. The molecule has 0 aliphatic carbocycles. The van der Waals surface area contributed by atoms with Gasteiger partial charge in [0.25, 0.3) is 5.43 Å². The van der Waals surface area contributed by atoms with Crippen molar-refractivity contribution in [3.8, 4) is 5.75 Å². The Bertz CT molecular complexity index is 384. The van der Waals surface area contributed by atoms with Crippen LogP contribution in [-0.4, -0.2) is 15.0 Å². The minimum Gasteiger partial charge on any atom is -0.503 e. The fourth-order valence-corrected chi connectivity index (χ4v) is 1.09. The van der Waals surface area contributed by atoms with Crippen LogP contribution < -0.4 is 5.43 Å². The first kappa shape index (κ1) is 9.57. The Kier molecular flexibility index (Phi) is 2.27. The third-order valence-electron chi connectivity index (χ3n) is 1.70. The molecule has 0 saturated carbocycles. The van der Waals surface area contributed by atoms with Crippen molar-refractivity contribution in [2.24, 2.45) is 0 Å². The van der Waals surface area contributed by atoms with Crippen LogP contribution in [-0.2, 0) is 0 Å². The lowest BCUT2D eigenvalue weighted by molar-refractivity contribution is 0.162. The van der Waals surface area contributed by atoms with Crippen LogP contribution in [0.1, 0.15) is 25.5 Å². The number of hydrogen-bond acceptors (Lipinski definition) is 3. The molecule has 72 valence electrons. The molecule has 0 aliphatic rings. The number of halogens is 1. The van der Waals surface area contributed by atoms with Gasteiger partial charge < -0.3 is 10.3 Å². The van der Waals surface area contributed by atoms with Crippen LogP contribution >= 0.6 is 0 Å². The molecule has 1 aromatic heterocycles. The van der Waals surface area contributed by atoms with E-state index in [0.29, 0.717) is 4.73 Å². The Morgan fingerprint density at radius 2 is 2.08 bits per heavy atom. The molecule has 0 saturated heterocycles. The zero-order valence-corrected chi connectivity index (χ0v) is 7.28. The van der Waals surface area contributed by atoms with Crippen molar-refractivity contribution in [2.45, 2.75) is 19.8 Å². The zero-order valence-electron chi connectivity index (χ0n) is 7.28. The van der Waals surface area contributed by atoms with E-state index in [-0.39, 0.29) is 11.6 Å². The summed E-state index contributed by atoms with van der Waals surface area (Å²) in [4.78, 5) is 10.9. The van der Waals surface area contributed by atoms with Gasteiger partial charge in [0.05, 0.1) is 11.9 Å². The summed E-state index contributed by atoms with van der Waals surface area (Å²) in [6.45, 7) is 3.25. The van der Waals surface area contributed by atoms with Crippen LogP contribution in [0.15, 0.2) is 11.0 Å². The highest BCUT2D eigenvalue weighted by molar-refractivity contribution is 5.22. The average molecular weight is 187 g/mol. The van der Waals surface area contributed by atoms with E-state index in [1.807, 2.05) is 0 Å². The largest absolute Gasteiger partial charge is 0.503 e. The van der Waals surface area contributed by atoms with Crippen LogP contribution in [0, 0.1) is 5.82 Å². The minimum absolute atomic E-state index is 0.136. The van der Waals surface area contributed by atoms with Gasteiger partial charge in [-0.05, 0) is 0 Å². The first-order valence-electron chi connectivity index (χ1n) is 3.78. The number of hydrogen-bond donors (Lipinski definition) is 2. The van der Waals surface area contributed by atoms with Crippen LogP contribution in [0.2, 0.25) is 0 Å². The highest BCUT2D eigenvalue weighted by atomic mass is 19.1. The SMILES string of the molecule is CC(C)c1c(F)c(=O)c(O)cn1O. The molecule has 0 fully saturated rings. The first-order chi connectivity index (χ1) is 5.95. The van der Waals surface area contributed by atoms with Crippen molar-refractivity contribution < 1.29 is 14.7 Å². The zero-order chi connectivity index (χ0) is 10.2. The van der Waals surface area contributed by atoms with Gasteiger partial charge in [-0.1, -0.05) is 13.8 Å². The predicted octanol–water partition coefficient (Wildman–Crippen LogP) is 1.05. The maximum Gasteiger partial charge on any atom is 0.259 e. The molecule has 0 bridgehead atoms. The van der Waals surface area contributed by atoms with Gasteiger partial charge in [0.2, 0.25) is 0 Å². The van der Waals surface area contributed by atoms with Gasteiger partial charge in [-0.3, -0.25) is 4.79 Å². The molecule has 13 heavy (non-hydrogen) atoms. The second-order valence-corrected chi connectivity index (χ2v) is 3.04. The summed E-state index contributed by atoms with van der Waals surface area (Å²) < 4.78 is 13.5. The summed E-state index contributed by atoms with van der Waals surface area (Å²) in [6.07, 6.45) is 0.779. The predicted molar refractivity (Wildman–Crippen MR) is 43.6 cm³/mol. The monoisotopic (exact) mass is 187 g/mol. The highest BCUT2D eigenvalue weighted by Crippen LogP contribution is 2.16. The number of aromatic nitrogens is 1. The normalized spacial score (nSPS) is 10.8. The van der Waals surface area contributed by atoms with Crippen molar-refractivity contribution in [3.05, 3.63) is 27.9 Å². The van der Waals surface area contributed by atoms with Crippen LogP contribution in [0.25, 0.3) is 0 Å². The molecule has 1 heterocycles. The molecule has 0 radical (unpaired) electrons. The molecule has 0 amide bonds. The molecule has 0 unspecified atom stereocenters. The maximum absolute atomic E-state index is 13.1. The summed E-state index contributed by atoms with van der Waals surface area (Å²) in [5, 5.41) is 18.0. The molecule has 0 aliphatic heterocycles. The Hall–Kier alpha value is -1.52. The lowest BCUT2D eigenvalue weighted by Crippen LogP contribution is -2.17. The molecule has 2 N–H and O–H groups in total. The van der Waals surface area contributed by atoms with Crippen molar-refractivity contribution in [3.63, 3.8) is 0 Å². The Morgan fingerprint density at radius 3 is 2.54 bits per heavy atom. The summed E-state index contributed by atoms with van der Waals surface area (Å²) >= 11 is 0. The third kappa shape index (κ3) is 1.49. The summed E-state index contributed by atoms with van der Waals surface area (Å²) in [5.74, 6) is -2.25. The topological polar surface area (TPSA) is 62.5 Å². The van der Waals surface area contributed by atoms with Crippen molar-refractivity contribution in [1.29, 1.82) is 0 Å². The second kappa shape index (κ2) is 3.08.